The molecule has 1 aliphatic rings. The van der Waals surface area contributed by atoms with E-state index >= 15 is 0 Å². The molecular weight excluding hydrogens is 241 g/mol. The molecule has 19 heavy (non-hydrogen) atoms. The van der Waals surface area contributed by atoms with Gasteiger partial charge in [-0.3, -0.25) is 4.98 Å². The first-order valence-corrected chi connectivity index (χ1v) is 6.66. The highest BCUT2D eigenvalue weighted by Gasteiger charge is 2.27. The van der Waals surface area contributed by atoms with Crippen molar-refractivity contribution in [3.63, 3.8) is 0 Å². The van der Waals surface area contributed by atoms with E-state index in [2.05, 4.69) is 10.3 Å². The Morgan fingerprint density at radius 2 is 2.26 bits per heavy atom. The van der Waals surface area contributed by atoms with Gasteiger partial charge in [0.1, 0.15) is 6.17 Å². The SMILES string of the molecule is CN1CC[C@@H](Nc2cccc3cnccc23)[C@@H](F)C1. The molecule has 0 amide bonds. The molecule has 2 heterocycles. The van der Waals surface area contributed by atoms with E-state index in [0.717, 1.165) is 29.4 Å². The molecule has 0 bridgehead atoms. The molecule has 1 aliphatic heterocycles. The van der Waals surface area contributed by atoms with Gasteiger partial charge in [0.25, 0.3) is 0 Å². The van der Waals surface area contributed by atoms with Crippen LogP contribution in [0.3, 0.4) is 0 Å². The molecular formula is C15H18FN3. The van der Waals surface area contributed by atoms with Crippen molar-refractivity contribution in [2.75, 3.05) is 25.5 Å². The normalized spacial score (nSPS) is 24.5. The van der Waals surface area contributed by atoms with E-state index in [1.165, 1.54) is 0 Å². The number of nitrogens with one attached hydrogen (secondary N) is 1. The van der Waals surface area contributed by atoms with Gasteiger partial charge in [0.2, 0.25) is 0 Å². The summed E-state index contributed by atoms with van der Waals surface area (Å²) in [6, 6.07) is 7.88. The van der Waals surface area contributed by atoms with Crippen molar-refractivity contribution in [1.82, 2.24) is 9.88 Å². The van der Waals surface area contributed by atoms with Gasteiger partial charge in [-0.1, -0.05) is 12.1 Å². The number of likely N-dealkylation sites (tertiary alicyclic amines) is 1. The number of alkyl halides is 1. The Kier molecular flexibility index (Phi) is 3.34. The molecule has 0 saturated carbocycles. The third-order valence-corrected chi connectivity index (χ3v) is 3.77. The number of hydrogen-bond donors (Lipinski definition) is 1. The molecule has 3 nitrogen and oxygen atoms in total. The number of halogens is 1. The minimum atomic E-state index is -0.823. The smallest absolute Gasteiger partial charge is 0.133 e. The number of nitrogens with zero attached hydrogens (tertiary/aromatic N) is 2. The van der Waals surface area contributed by atoms with Crippen LogP contribution in [0, 0.1) is 0 Å². The van der Waals surface area contributed by atoms with Crippen molar-refractivity contribution in [2.45, 2.75) is 18.6 Å². The van der Waals surface area contributed by atoms with Crippen LogP contribution in [-0.4, -0.2) is 42.2 Å². The Hall–Kier alpha value is -1.68. The van der Waals surface area contributed by atoms with Crippen molar-refractivity contribution in [2.24, 2.45) is 0 Å². The monoisotopic (exact) mass is 259 g/mol. The summed E-state index contributed by atoms with van der Waals surface area (Å²) in [5, 5.41) is 5.54. The average Bonchev–Trinajstić information content (AvgIpc) is 2.42. The summed E-state index contributed by atoms with van der Waals surface area (Å²) in [6.07, 6.45) is 3.62. The maximum atomic E-state index is 14.1. The second-order valence-corrected chi connectivity index (χ2v) is 5.22. The first-order chi connectivity index (χ1) is 9.24. The zero-order valence-electron chi connectivity index (χ0n) is 11.0. The number of piperidine rings is 1. The van der Waals surface area contributed by atoms with E-state index in [9.17, 15) is 4.39 Å². The van der Waals surface area contributed by atoms with E-state index in [4.69, 9.17) is 0 Å². The van der Waals surface area contributed by atoms with Gasteiger partial charge >= 0.3 is 0 Å². The molecule has 1 aromatic carbocycles. The van der Waals surface area contributed by atoms with Crippen molar-refractivity contribution in [1.29, 1.82) is 0 Å². The predicted molar refractivity (Wildman–Crippen MR) is 76.2 cm³/mol. The fourth-order valence-electron chi connectivity index (χ4n) is 2.67. The summed E-state index contributed by atoms with van der Waals surface area (Å²) in [5.74, 6) is 0. The zero-order valence-corrected chi connectivity index (χ0v) is 11.0. The van der Waals surface area contributed by atoms with Crippen LogP contribution in [0.1, 0.15) is 6.42 Å². The predicted octanol–water partition coefficient (Wildman–Crippen LogP) is 2.69. The molecule has 0 radical (unpaired) electrons. The van der Waals surface area contributed by atoms with Crippen LogP contribution in [0.4, 0.5) is 10.1 Å². The second kappa shape index (κ2) is 5.13. The Balaban J connectivity index is 1.85. The number of pyridine rings is 1. The molecule has 4 heteroatoms. The van der Waals surface area contributed by atoms with Crippen molar-refractivity contribution < 1.29 is 4.39 Å². The summed E-state index contributed by atoms with van der Waals surface area (Å²) in [7, 11) is 1.96. The number of benzene rings is 1. The van der Waals surface area contributed by atoms with Crippen molar-refractivity contribution in [3.05, 3.63) is 36.7 Å². The van der Waals surface area contributed by atoms with Gasteiger partial charge in [-0.2, -0.15) is 0 Å². The zero-order chi connectivity index (χ0) is 13.2. The maximum Gasteiger partial charge on any atom is 0.133 e. The summed E-state index contributed by atoms with van der Waals surface area (Å²) in [5.41, 5.74) is 0.997. The minimum absolute atomic E-state index is 0.102. The first kappa shape index (κ1) is 12.4. The third-order valence-electron chi connectivity index (χ3n) is 3.77. The van der Waals surface area contributed by atoms with Gasteiger partial charge in [0.05, 0.1) is 6.04 Å². The van der Waals surface area contributed by atoms with Crippen LogP contribution >= 0.6 is 0 Å². The summed E-state index contributed by atoms with van der Waals surface area (Å²) in [4.78, 5) is 6.15. The molecule has 0 aliphatic carbocycles. The molecule has 100 valence electrons. The van der Waals surface area contributed by atoms with Gasteiger partial charge in [-0.15, -0.1) is 0 Å². The quantitative estimate of drug-likeness (QED) is 0.898. The van der Waals surface area contributed by atoms with E-state index in [-0.39, 0.29) is 6.04 Å². The number of rotatable bonds is 2. The Morgan fingerprint density at radius 3 is 3.11 bits per heavy atom. The molecule has 1 saturated heterocycles. The van der Waals surface area contributed by atoms with Crippen LogP contribution in [0.25, 0.3) is 10.8 Å². The van der Waals surface area contributed by atoms with E-state index in [1.54, 1.807) is 6.20 Å². The van der Waals surface area contributed by atoms with E-state index < -0.39 is 6.17 Å². The number of fused-ring (bicyclic) bond motifs is 1. The molecule has 0 spiro atoms. The number of anilines is 1. The second-order valence-electron chi connectivity index (χ2n) is 5.22. The topological polar surface area (TPSA) is 28.2 Å². The molecule has 1 N–H and O–H groups in total. The molecule has 1 fully saturated rings. The van der Waals surface area contributed by atoms with Gasteiger partial charge in [-0.05, 0) is 25.6 Å². The molecule has 2 atom stereocenters. The van der Waals surface area contributed by atoms with Crippen LogP contribution < -0.4 is 5.32 Å². The van der Waals surface area contributed by atoms with Crippen molar-refractivity contribution >= 4 is 16.5 Å². The molecule has 1 aromatic heterocycles. The molecule has 0 unspecified atom stereocenters. The Labute approximate surface area is 112 Å². The molecule has 2 aromatic rings. The Bertz CT molecular complexity index is 567. The van der Waals surface area contributed by atoms with Gasteiger partial charge < -0.3 is 10.2 Å². The van der Waals surface area contributed by atoms with Gasteiger partial charge in [0.15, 0.2) is 0 Å². The standard InChI is InChI=1S/C15H18FN3/c1-19-8-6-15(13(16)10-19)18-14-4-2-3-11-9-17-7-5-12(11)14/h2-5,7,9,13,15,18H,6,8,10H2,1H3/t13-,15+/m0/s1. The van der Waals surface area contributed by atoms with Crippen LogP contribution in [0.2, 0.25) is 0 Å². The van der Waals surface area contributed by atoms with Gasteiger partial charge in [-0.25, -0.2) is 4.39 Å². The highest BCUT2D eigenvalue weighted by molar-refractivity contribution is 5.93. The van der Waals surface area contributed by atoms with Gasteiger partial charge in [0, 0.05) is 41.9 Å². The maximum absolute atomic E-state index is 14.1. The molecule has 3 rings (SSSR count). The number of hydrogen-bond acceptors (Lipinski definition) is 3. The summed E-state index contributed by atoms with van der Waals surface area (Å²) in [6.45, 7) is 1.44. The van der Waals surface area contributed by atoms with Crippen LogP contribution in [0.5, 0.6) is 0 Å². The fraction of sp³-hybridized carbons (Fsp3) is 0.400. The average molecular weight is 259 g/mol. The number of aromatic nitrogens is 1. The lowest BCUT2D eigenvalue weighted by Crippen LogP contribution is -2.46. The first-order valence-electron chi connectivity index (χ1n) is 6.66. The lowest BCUT2D eigenvalue weighted by molar-refractivity contribution is 0.149. The summed E-state index contributed by atoms with van der Waals surface area (Å²) < 4.78 is 14.1. The highest BCUT2D eigenvalue weighted by atomic mass is 19.1. The van der Waals surface area contributed by atoms with E-state index in [1.807, 2.05) is 42.4 Å². The van der Waals surface area contributed by atoms with Crippen LogP contribution in [0.15, 0.2) is 36.7 Å². The highest BCUT2D eigenvalue weighted by Crippen LogP contribution is 2.25. The largest absolute Gasteiger partial charge is 0.379 e. The van der Waals surface area contributed by atoms with Crippen LogP contribution in [-0.2, 0) is 0 Å². The third kappa shape index (κ3) is 2.54. The van der Waals surface area contributed by atoms with Crippen molar-refractivity contribution in [3.8, 4) is 0 Å². The fourth-order valence-corrected chi connectivity index (χ4v) is 2.67. The minimum Gasteiger partial charge on any atom is -0.379 e. The lowest BCUT2D eigenvalue weighted by atomic mass is 10.0. The van der Waals surface area contributed by atoms with E-state index in [0.29, 0.717) is 6.54 Å². The summed E-state index contributed by atoms with van der Waals surface area (Å²) >= 11 is 0. The lowest BCUT2D eigenvalue weighted by Gasteiger charge is -2.33. The Morgan fingerprint density at radius 1 is 1.37 bits per heavy atom.